The number of aromatic nitrogens is 1. The van der Waals surface area contributed by atoms with E-state index in [1.165, 1.54) is 30.5 Å². The number of aliphatic imine (C=N–C) groups is 1. The number of benzene rings is 2. The van der Waals surface area contributed by atoms with Crippen LogP contribution in [0.5, 0.6) is 5.75 Å². The van der Waals surface area contributed by atoms with Gasteiger partial charge in [0.15, 0.2) is 5.96 Å². The summed E-state index contributed by atoms with van der Waals surface area (Å²) in [4.78, 5) is 8.45. The van der Waals surface area contributed by atoms with Crippen LogP contribution in [0.1, 0.15) is 5.69 Å². The molecule has 0 saturated carbocycles. The summed E-state index contributed by atoms with van der Waals surface area (Å²) in [5, 5.41) is 2.77. The Kier molecular flexibility index (Phi) is 7.26. The molecule has 2 aromatic carbocycles. The molecule has 0 aliphatic heterocycles. The van der Waals surface area contributed by atoms with Gasteiger partial charge in [0.25, 0.3) is 0 Å². The Morgan fingerprint density at radius 3 is 2.43 bits per heavy atom. The van der Waals surface area contributed by atoms with E-state index in [1.807, 2.05) is 30.3 Å². The molecule has 0 bridgehead atoms. The van der Waals surface area contributed by atoms with Gasteiger partial charge in [-0.05, 0) is 36.4 Å². The predicted molar refractivity (Wildman–Crippen MR) is 109 cm³/mol. The van der Waals surface area contributed by atoms with Crippen LogP contribution in [0.25, 0.3) is 11.5 Å². The molecular formula is C18H16F3IN4O2. The van der Waals surface area contributed by atoms with E-state index in [-0.39, 0.29) is 42.2 Å². The zero-order valence-electron chi connectivity index (χ0n) is 14.3. The van der Waals surface area contributed by atoms with Crippen LogP contribution >= 0.6 is 24.0 Å². The number of nitrogens with one attached hydrogen (secondary N) is 1. The van der Waals surface area contributed by atoms with Crippen LogP contribution in [0.4, 0.5) is 18.9 Å². The summed E-state index contributed by atoms with van der Waals surface area (Å²) in [5.41, 5.74) is 7.69. The van der Waals surface area contributed by atoms with E-state index in [1.54, 1.807) is 0 Å². The highest BCUT2D eigenvalue weighted by molar-refractivity contribution is 14.0. The van der Waals surface area contributed by atoms with Crippen LogP contribution in [0.15, 0.2) is 70.3 Å². The quantitative estimate of drug-likeness (QED) is 0.297. The van der Waals surface area contributed by atoms with Crippen LogP contribution in [0.2, 0.25) is 0 Å². The van der Waals surface area contributed by atoms with Crippen LogP contribution in [-0.2, 0) is 6.54 Å². The van der Waals surface area contributed by atoms with Crippen LogP contribution in [-0.4, -0.2) is 17.3 Å². The number of rotatable bonds is 5. The van der Waals surface area contributed by atoms with Crippen molar-refractivity contribution >= 4 is 35.6 Å². The Morgan fingerprint density at radius 1 is 1.11 bits per heavy atom. The molecule has 0 aliphatic carbocycles. The minimum absolute atomic E-state index is 0. The first-order chi connectivity index (χ1) is 12.9. The molecule has 0 amide bonds. The van der Waals surface area contributed by atoms with Crippen LogP contribution in [0, 0.1) is 0 Å². The van der Waals surface area contributed by atoms with E-state index in [4.69, 9.17) is 10.2 Å². The number of ether oxygens (including phenoxy) is 1. The van der Waals surface area contributed by atoms with Gasteiger partial charge >= 0.3 is 6.36 Å². The molecule has 0 aliphatic rings. The third kappa shape index (κ3) is 6.44. The van der Waals surface area contributed by atoms with Crippen LogP contribution in [0.3, 0.4) is 0 Å². The molecule has 148 valence electrons. The van der Waals surface area contributed by atoms with Gasteiger partial charge < -0.3 is 20.2 Å². The fraction of sp³-hybridized carbons (Fsp3) is 0.111. The number of hydrogen-bond donors (Lipinski definition) is 2. The average Bonchev–Trinajstić information content (AvgIpc) is 3.10. The van der Waals surface area contributed by atoms with E-state index < -0.39 is 6.36 Å². The van der Waals surface area contributed by atoms with Crippen molar-refractivity contribution in [1.82, 2.24) is 4.98 Å². The maximum atomic E-state index is 12.1. The first-order valence-electron chi connectivity index (χ1n) is 7.82. The van der Waals surface area contributed by atoms with Crippen molar-refractivity contribution in [3.8, 4) is 17.2 Å². The Morgan fingerprint density at radius 2 is 1.79 bits per heavy atom. The third-order valence-electron chi connectivity index (χ3n) is 3.34. The van der Waals surface area contributed by atoms with Gasteiger partial charge in [-0.25, -0.2) is 9.98 Å². The SMILES string of the molecule is I.NC(=NCc1coc(-c2ccccc2)n1)Nc1ccc(OC(F)(F)F)cc1. The molecule has 1 aromatic heterocycles. The number of anilines is 1. The minimum Gasteiger partial charge on any atom is -0.444 e. The van der Waals surface area contributed by atoms with Gasteiger partial charge in [0.2, 0.25) is 5.89 Å². The predicted octanol–water partition coefficient (Wildman–Crippen LogP) is 4.79. The topological polar surface area (TPSA) is 85.7 Å². The summed E-state index contributed by atoms with van der Waals surface area (Å²) in [5.74, 6) is 0.246. The zero-order valence-corrected chi connectivity index (χ0v) is 16.6. The molecule has 0 fully saturated rings. The monoisotopic (exact) mass is 504 g/mol. The van der Waals surface area contributed by atoms with Gasteiger partial charge in [-0.15, -0.1) is 37.1 Å². The highest BCUT2D eigenvalue weighted by Crippen LogP contribution is 2.24. The molecular weight excluding hydrogens is 488 g/mol. The summed E-state index contributed by atoms with van der Waals surface area (Å²) in [6.07, 6.45) is -3.24. The van der Waals surface area contributed by atoms with Crippen molar-refractivity contribution in [2.45, 2.75) is 12.9 Å². The molecule has 0 atom stereocenters. The number of hydrogen-bond acceptors (Lipinski definition) is 4. The maximum Gasteiger partial charge on any atom is 0.573 e. The molecule has 0 unspecified atom stereocenters. The molecule has 0 radical (unpaired) electrons. The second-order valence-electron chi connectivity index (χ2n) is 5.41. The Bertz CT molecular complexity index is 913. The van der Waals surface area contributed by atoms with Gasteiger partial charge in [0, 0.05) is 11.3 Å². The lowest BCUT2D eigenvalue weighted by molar-refractivity contribution is -0.274. The smallest absolute Gasteiger partial charge is 0.444 e. The highest BCUT2D eigenvalue weighted by atomic mass is 127. The Labute approximate surface area is 175 Å². The van der Waals surface area contributed by atoms with E-state index in [2.05, 4.69) is 20.0 Å². The third-order valence-corrected chi connectivity index (χ3v) is 3.34. The first-order valence-corrected chi connectivity index (χ1v) is 7.82. The van der Waals surface area contributed by atoms with Gasteiger partial charge in [-0.1, -0.05) is 18.2 Å². The number of nitrogens with zero attached hydrogens (tertiary/aromatic N) is 2. The molecule has 28 heavy (non-hydrogen) atoms. The largest absolute Gasteiger partial charge is 0.573 e. The first kappa shape index (κ1) is 21.5. The normalized spacial score (nSPS) is 11.6. The van der Waals surface area contributed by atoms with Crippen molar-refractivity contribution < 1.29 is 22.3 Å². The van der Waals surface area contributed by atoms with Crippen molar-refractivity contribution in [1.29, 1.82) is 0 Å². The molecule has 0 saturated heterocycles. The summed E-state index contributed by atoms with van der Waals surface area (Å²) < 4.78 is 45.6. The molecule has 1 heterocycles. The second-order valence-corrected chi connectivity index (χ2v) is 5.41. The van der Waals surface area contributed by atoms with E-state index in [9.17, 15) is 13.2 Å². The summed E-state index contributed by atoms with van der Waals surface area (Å²) in [6.45, 7) is 0.185. The van der Waals surface area contributed by atoms with Gasteiger partial charge in [-0.2, -0.15) is 0 Å². The van der Waals surface area contributed by atoms with Crippen molar-refractivity contribution in [3.05, 3.63) is 66.6 Å². The summed E-state index contributed by atoms with van der Waals surface area (Å²) in [6, 6.07) is 14.5. The van der Waals surface area contributed by atoms with Gasteiger partial charge in [0.1, 0.15) is 17.7 Å². The molecule has 3 N–H and O–H groups in total. The molecule has 3 rings (SSSR count). The number of halogens is 4. The van der Waals surface area contributed by atoms with Gasteiger partial charge in [-0.3, -0.25) is 0 Å². The molecule has 3 aromatic rings. The van der Waals surface area contributed by atoms with E-state index >= 15 is 0 Å². The molecule has 6 nitrogen and oxygen atoms in total. The Hall–Kier alpha value is -2.76. The number of guanidine groups is 1. The number of oxazole rings is 1. The lowest BCUT2D eigenvalue weighted by Crippen LogP contribution is -2.22. The molecule has 10 heteroatoms. The van der Waals surface area contributed by atoms with Crippen molar-refractivity contribution in [2.24, 2.45) is 10.7 Å². The molecule has 0 spiro atoms. The fourth-order valence-corrected chi connectivity index (χ4v) is 2.19. The minimum atomic E-state index is -4.73. The fourth-order valence-electron chi connectivity index (χ4n) is 2.19. The van der Waals surface area contributed by atoms with Crippen molar-refractivity contribution in [3.63, 3.8) is 0 Å². The van der Waals surface area contributed by atoms with E-state index in [0.29, 0.717) is 17.3 Å². The second kappa shape index (κ2) is 9.44. The van der Waals surface area contributed by atoms with Crippen molar-refractivity contribution in [2.75, 3.05) is 5.32 Å². The lowest BCUT2D eigenvalue weighted by Gasteiger charge is -2.10. The summed E-state index contributed by atoms with van der Waals surface area (Å²) >= 11 is 0. The summed E-state index contributed by atoms with van der Waals surface area (Å²) in [7, 11) is 0. The average molecular weight is 504 g/mol. The number of alkyl halides is 3. The highest BCUT2D eigenvalue weighted by Gasteiger charge is 2.30. The standard InChI is InChI=1S/C18H15F3N4O2.HI/c19-18(20,21)27-15-8-6-13(7-9-15)25-17(22)23-10-14-11-26-16(24-14)12-4-2-1-3-5-12;/h1-9,11H,10H2,(H3,22,23,25);1H. The van der Waals surface area contributed by atoms with Crippen LogP contribution < -0.4 is 15.8 Å². The Balaban J connectivity index is 0.00000280. The lowest BCUT2D eigenvalue weighted by atomic mass is 10.2. The van der Waals surface area contributed by atoms with E-state index in [0.717, 1.165) is 5.56 Å². The number of nitrogens with two attached hydrogens (primary N) is 1. The van der Waals surface area contributed by atoms with Gasteiger partial charge in [0.05, 0.1) is 6.54 Å². The zero-order chi connectivity index (χ0) is 19.3. The maximum absolute atomic E-state index is 12.1.